The summed E-state index contributed by atoms with van der Waals surface area (Å²) in [6, 6.07) is 6.59. The first kappa shape index (κ1) is 23.9. The van der Waals surface area contributed by atoms with Crippen molar-refractivity contribution in [1.82, 2.24) is 9.88 Å². The highest BCUT2D eigenvalue weighted by Gasteiger charge is 2.30. The first-order valence-electron chi connectivity index (χ1n) is 11.3. The van der Waals surface area contributed by atoms with E-state index in [2.05, 4.69) is 10.3 Å². The highest BCUT2D eigenvalue weighted by atomic mass is 35.5. The van der Waals surface area contributed by atoms with E-state index in [9.17, 15) is 17.6 Å². The largest absolute Gasteiger partial charge is 0.380 e. The number of amides is 1. The Balaban J connectivity index is 1.56. The summed E-state index contributed by atoms with van der Waals surface area (Å²) < 4.78 is 37.1. The molecule has 0 radical (unpaired) electrons. The van der Waals surface area contributed by atoms with Gasteiger partial charge >= 0.3 is 0 Å². The number of sulfonamides is 1. The van der Waals surface area contributed by atoms with Crippen molar-refractivity contribution in [1.29, 1.82) is 0 Å². The monoisotopic (exact) mass is 494 g/mol. The number of primary sulfonamides is 1. The molecule has 7 nitrogen and oxygen atoms in total. The Morgan fingerprint density at radius 1 is 1.09 bits per heavy atom. The number of carbonyl (C=O) groups excluding carboxylic acids is 1. The number of carbonyl (C=O) groups is 1. The van der Waals surface area contributed by atoms with Gasteiger partial charge in [0.25, 0.3) is 15.9 Å². The molecule has 10 heteroatoms. The van der Waals surface area contributed by atoms with Gasteiger partial charge in [-0.2, -0.15) is 0 Å². The number of piperidine rings is 1. The molecule has 2 aromatic rings. The van der Waals surface area contributed by atoms with E-state index in [-0.39, 0.29) is 40.0 Å². The number of nitrogens with one attached hydrogen (secondary N) is 1. The summed E-state index contributed by atoms with van der Waals surface area (Å²) >= 11 is 6.43. The van der Waals surface area contributed by atoms with E-state index in [1.54, 1.807) is 17.0 Å². The zero-order chi connectivity index (χ0) is 23.6. The second kappa shape index (κ2) is 9.95. The number of likely N-dealkylation sites (tertiary alicyclic amines) is 1. The van der Waals surface area contributed by atoms with Crippen molar-refractivity contribution in [3.63, 3.8) is 0 Å². The molecule has 1 aliphatic carbocycles. The van der Waals surface area contributed by atoms with Gasteiger partial charge in [-0.15, -0.1) is 0 Å². The third-order valence-electron chi connectivity index (χ3n) is 6.56. The van der Waals surface area contributed by atoms with Crippen molar-refractivity contribution in [2.24, 2.45) is 5.14 Å². The Hall–Kier alpha value is -2.23. The molecule has 2 fully saturated rings. The summed E-state index contributed by atoms with van der Waals surface area (Å²) in [5.41, 5.74) is 1.59. The average molecular weight is 495 g/mol. The molecule has 1 aromatic heterocycles. The first-order chi connectivity index (χ1) is 15.7. The molecule has 0 bridgehead atoms. The fourth-order valence-electron chi connectivity index (χ4n) is 4.74. The quantitative estimate of drug-likeness (QED) is 0.645. The lowest BCUT2D eigenvalue weighted by Crippen LogP contribution is -2.38. The summed E-state index contributed by atoms with van der Waals surface area (Å²) in [5, 5.41) is 8.02. The molecule has 3 N–H and O–H groups in total. The van der Waals surface area contributed by atoms with Gasteiger partial charge in [0.2, 0.25) is 0 Å². The third-order valence-corrected chi connectivity index (χ3v) is 7.89. The molecular weight excluding hydrogens is 467 g/mol. The van der Waals surface area contributed by atoms with Crippen molar-refractivity contribution in [2.45, 2.75) is 61.9 Å². The number of anilines is 1. The summed E-state index contributed by atoms with van der Waals surface area (Å²) in [6.07, 6.45) is 7.86. The standard InChI is InChI=1S/C23H28ClFN4O3S/c24-20-21(28-18-4-2-1-3-5-18)19(14-27-22(20)33(26,31)32)23(30)29-12-10-16(11-13-29)15-6-8-17(25)9-7-15/h6-9,14,16,18H,1-5,10-13H2,(H,27,28)(H2,26,31,32). The van der Waals surface area contributed by atoms with Crippen LogP contribution in [-0.4, -0.2) is 43.3 Å². The molecule has 4 rings (SSSR count). The number of halogens is 2. The second-order valence-corrected chi connectivity index (χ2v) is 10.7. The minimum Gasteiger partial charge on any atom is -0.380 e. The van der Waals surface area contributed by atoms with Gasteiger partial charge in [-0.05, 0) is 49.3 Å². The van der Waals surface area contributed by atoms with Gasteiger partial charge < -0.3 is 10.2 Å². The summed E-state index contributed by atoms with van der Waals surface area (Å²) in [7, 11) is -4.14. The average Bonchev–Trinajstić information content (AvgIpc) is 2.80. The maximum atomic E-state index is 13.4. The molecule has 0 spiro atoms. The van der Waals surface area contributed by atoms with E-state index in [4.69, 9.17) is 16.7 Å². The zero-order valence-corrected chi connectivity index (χ0v) is 19.8. The SMILES string of the molecule is NS(=O)(=O)c1ncc(C(=O)N2CCC(c3ccc(F)cc3)CC2)c(NC2CCCCC2)c1Cl. The van der Waals surface area contributed by atoms with Crippen LogP contribution in [0.5, 0.6) is 0 Å². The molecule has 0 atom stereocenters. The number of benzene rings is 1. The van der Waals surface area contributed by atoms with E-state index in [1.807, 2.05) is 0 Å². The van der Waals surface area contributed by atoms with Gasteiger partial charge in [-0.3, -0.25) is 4.79 Å². The predicted octanol–water partition coefficient (Wildman–Crippen LogP) is 4.29. The minimum absolute atomic E-state index is 0.0998. The van der Waals surface area contributed by atoms with Gasteiger partial charge in [0.05, 0.1) is 11.3 Å². The molecule has 1 aromatic carbocycles. The maximum absolute atomic E-state index is 13.4. The van der Waals surface area contributed by atoms with E-state index in [0.717, 1.165) is 50.5 Å². The Morgan fingerprint density at radius 3 is 2.33 bits per heavy atom. The van der Waals surface area contributed by atoms with Crippen molar-refractivity contribution >= 4 is 33.2 Å². The number of aromatic nitrogens is 1. The van der Waals surface area contributed by atoms with Gasteiger partial charge in [-0.25, -0.2) is 22.9 Å². The van der Waals surface area contributed by atoms with Crippen molar-refractivity contribution in [3.05, 3.63) is 52.4 Å². The molecule has 1 saturated carbocycles. The van der Waals surface area contributed by atoms with Gasteiger partial charge in [0.15, 0.2) is 5.03 Å². The molecule has 1 amide bonds. The van der Waals surface area contributed by atoms with Crippen molar-refractivity contribution in [2.75, 3.05) is 18.4 Å². The van der Waals surface area contributed by atoms with Crippen LogP contribution in [0.25, 0.3) is 0 Å². The maximum Gasteiger partial charge on any atom is 0.257 e. The van der Waals surface area contributed by atoms with E-state index < -0.39 is 15.0 Å². The normalized spacial score (nSPS) is 18.3. The summed E-state index contributed by atoms with van der Waals surface area (Å²) in [6.45, 7) is 1.05. The molecule has 178 valence electrons. The fourth-order valence-corrected chi connectivity index (χ4v) is 5.82. The fraction of sp³-hybridized carbons (Fsp3) is 0.478. The highest BCUT2D eigenvalue weighted by Crippen LogP contribution is 2.35. The van der Waals surface area contributed by atoms with E-state index in [0.29, 0.717) is 13.1 Å². The van der Waals surface area contributed by atoms with Crippen molar-refractivity contribution in [3.8, 4) is 0 Å². The molecule has 33 heavy (non-hydrogen) atoms. The van der Waals surface area contributed by atoms with Crippen LogP contribution >= 0.6 is 11.6 Å². The van der Waals surface area contributed by atoms with Crippen LogP contribution in [0.2, 0.25) is 5.02 Å². The second-order valence-electron chi connectivity index (χ2n) is 8.81. The van der Waals surface area contributed by atoms with Crippen LogP contribution < -0.4 is 10.5 Å². The number of rotatable bonds is 5. The summed E-state index contributed by atoms with van der Waals surface area (Å²) in [4.78, 5) is 19.1. The van der Waals surface area contributed by atoms with Crippen LogP contribution in [0.15, 0.2) is 35.5 Å². The molecular formula is C23H28ClFN4O3S. The van der Waals surface area contributed by atoms with Crippen LogP contribution in [0.1, 0.15) is 66.8 Å². The van der Waals surface area contributed by atoms with Crippen LogP contribution in [0.3, 0.4) is 0 Å². The van der Waals surface area contributed by atoms with E-state index in [1.165, 1.54) is 18.3 Å². The molecule has 1 aliphatic heterocycles. The van der Waals surface area contributed by atoms with Gasteiger partial charge in [0, 0.05) is 25.3 Å². The molecule has 1 saturated heterocycles. The number of hydrogen-bond acceptors (Lipinski definition) is 5. The Bertz CT molecular complexity index is 1110. The highest BCUT2D eigenvalue weighted by molar-refractivity contribution is 7.89. The summed E-state index contributed by atoms with van der Waals surface area (Å²) in [5.74, 6) is -0.265. The molecule has 2 heterocycles. The molecule has 2 aliphatic rings. The van der Waals surface area contributed by atoms with Crippen molar-refractivity contribution < 1.29 is 17.6 Å². The Morgan fingerprint density at radius 2 is 1.73 bits per heavy atom. The predicted molar refractivity (Wildman–Crippen MR) is 125 cm³/mol. The number of nitrogens with two attached hydrogens (primary N) is 1. The number of pyridine rings is 1. The van der Waals surface area contributed by atoms with Crippen LogP contribution in [-0.2, 0) is 10.0 Å². The van der Waals surface area contributed by atoms with E-state index >= 15 is 0 Å². The van der Waals surface area contributed by atoms with Gasteiger partial charge in [-0.1, -0.05) is 43.0 Å². The zero-order valence-electron chi connectivity index (χ0n) is 18.3. The van der Waals surface area contributed by atoms with Crippen LogP contribution in [0.4, 0.5) is 10.1 Å². The topological polar surface area (TPSA) is 105 Å². The van der Waals surface area contributed by atoms with Gasteiger partial charge in [0.1, 0.15) is 10.8 Å². The molecule has 0 unspecified atom stereocenters. The lowest BCUT2D eigenvalue weighted by molar-refractivity contribution is 0.0713. The Kier molecular flexibility index (Phi) is 7.21. The van der Waals surface area contributed by atoms with Crippen LogP contribution in [0, 0.1) is 5.82 Å². The smallest absolute Gasteiger partial charge is 0.257 e. The number of nitrogens with zero attached hydrogens (tertiary/aromatic N) is 2. The lowest BCUT2D eigenvalue weighted by Gasteiger charge is -2.33. The number of hydrogen-bond donors (Lipinski definition) is 2. The minimum atomic E-state index is -4.14. The third kappa shape index (κ3) is 5.47. The first-order valence-corrected chi connectivity index (χ1v) is 13.2. The lowest BCUT2D eigenvalue weighted by atomic mass is 9.89. The Labute approximate surface area is 198 Å².